The Hall–Kier alpha value is -1.95. The Morgan fingerprint density at radius 3 is 2.91 bits per heavy atom. The Bertz CT molecular complexity index is 564. The molecule has 3 N–H and O–H groups in total. The number of carbonyl (C=O) groups is 2. The van der Waals surface area contributed by atoms with E-state index in [1.54, 1.807) is 12.1 Å². The molecular formula is C15H21ClN4O2. The van der Waals surface area contributed by atoms with E-state index in [4.69, 9.17) is 11.6 Å². The first-order valence-corrected chi connectivity index (χ1v) is 7.76. The molecule has 2 rings (SSSR count). The van der Waals surface area contributed by atoms with Gasteiger partial charge in [0.25, 0.3) is 0 Å². The van der Waals surface area contributed by atoms with Crippen LogP contribution in [0.2, 0.25) is 5.02 Å². The van der Waals surface area contributed by atoms with Crippen molar-refractivity contribution in [3.05, 3.63) is 23.2 Å². The molecular weight excluding hydrogens is 304 g/mol. The smallest absolute Gasteiger partial charge is 0.319 e. The van der Waals surface area contributed by atoms with Crippen molar-refractivity contribution in [2.45, 2.75) is 26.3 Å². The summed E-state index contributed by atoms with van der Waals surface area (Å²) >= 11 is 6.28. The molecule has 0 spiro atoms. The fourth-order valence-electron chi connectivity index (χ4n) is 2.18. The van der Waals surface area contributed by atoms with Crippen LogP contribution in [-0.2, 0) is 4.79 Å². The van der Waals surface area contributed by atoms with Crippen LogP contribution in [0.1, 0.15) is 20.3 Å². The summed E-state index contributed by atoms with van der Waals surface area (Å²) in [6, 6.07) is 5.15. The van der Waals surface area contributed by atoms with Crippen molar-refractivity contribution < 1.29 is 9.59 Å². The lowest BCUT2D eigenvalue weighted by atomic mass is 10.2. The van der Waals surface area contributed by atoms with Crippen LogP contribution in [0.3, 0.4) is 0 Å². The van der Waals surface area contributed by atoms with Crippen molar-refractivity contribution in [2.75, 3.05) is 29.9 Å². The lowest BCUT2D eigenvalue weighted by molar-refractivity contribution is -0.120. The molecule has 1 aliphatic heterocycles. The van der Waals surface area contributed by atoms with Crippen LogP contribution >= 0.6 is 11.6 Å². The number of hydrogen-bond acceptors (Lipinski definition) is 3. The Morgan fingerprint density at radius 2 is 2.27 bits per heavy atom. The minimum absolute atomic E-state index is 0.0163. The Morgan fingerprint density at radius 1 is 1.50 bits per heavy atom. The average molecular weight is 325 g/mol. The SMILES string of the molecule is CCC(C)NC(=O)Nc1ccc(N2CCNC(=O)C2)c(Cl)c1. The van der Waals surface area contributed by atoms with Gasteiger partial charge in [0.2, 0.25) is 5.91 Å². The van der Waals surface area contributed by atoms with Crippen LogP contribution in [0.4, 0.5) is 16.2 Å². The first-order chi connectivity index (χ1) is 10.5. The highest BCUT2D eigenvalue weighted by molar-refractivity contribution is 6.33. The third kappa shape index (κ3) is 4.27. The van der Waals surface area contributed by atoms with E-state index in [1.807, 2.05) is 24.8 Å². The topological polar surface area (TPSA) is 73.5 Å². The Kier molecular flexibility index (Phi) is 5.49. The molecule has 0 aliphatic carbocycles. The molecule has 0 radical (unpaired) electrons. The molecule has 1 aromatic carbocycles. The van der Waals surface area contributed by atoms with Crippen molar-refractivity contribution in [2.24, 2.45) is 0 Å². The van der Waals surface area contributed by atoms with Gasteiger partial charge in [-0.25, -0.2) is 4.79 Å². The van der Waals surface area contributed by atoms with Gasteiger partial charge in [-0.1, -0.05) is 18.5 Å². The third-order valence-electron chi connectivity index (χ3n) is 3.57. The quantitative estimate of drug-likeness (QED) is 0.795. The van der Waals surface area contributed by atoms with Gasteiger partial charge in [0.1, 0.15) is 0 Å². The highest BCUT2D eigenvalue weighted by atomic mass is 35.5. The number of halogens is 1. The predicted octanol–water partition coefficient (Wildman–Crippen LogP) is 2.20. The van der Waals surface area contributed by atoms with Gasteiger partial charge in [0, 0.05) is 24.8 Å². The van der Waals surface area contributed by atoms with E-state index in [0.717, 1.165) is 12.1 Å². The molecule has 1 unspecified atom stereocenters. The van der Waals surface area contributed by atoms with E-state index < -0.39 is 0 Å². The fourth-order valence-corrected chi connectivity index (χ4v) is 2.48. The molecule has 120 valence electrons. The zero-order valence-electron chi connectivity index (χ0n) is 12.8. The number of piperazine rings is 1. The molecule has 1 aliphatic rings. The van der Waals surface area contributed by atoms with Crippen LogP contribution in [0.5, 0.6) is 0 Å². The maximum atomic E-state index is 11.8. The van der Waals surface area contributed by atoms with Crippen molar-refractivity contribution in [1.29, 1.82) is 0 Å². The first kappa shape index (κ1) is 16.4. The molecule has 0 aromatic heterocycles. The summed E-state index contributed by atoms with van der Waals surface area (Å²) in [5.74, 6) is -0.0163. The van der Waals surface area contributed by atoms with Gasteiger partial charge in [0.15, 0.2) is 0 Å². The van der Waals surface area contributed by atoms with Gasteiger partial charge in [-0.3, -0.25) is 4.79 Å². The molecule has 1 atom stereocenters. The number of amides is 3. The lowest BCUT2D eigenvalue weighted by Gasteiger charge is -2.29. The second-order valence-corrected chi connectivity index (χ2v) is 5.75. The standard InChI is InChI=1S/C15H21ClN4O2/c1-3-10(2)18-15(22)19-11-4-5-13(12(16)8-11)20-7-6-17-14(21)9-20/h4-5,8,10H,3,6-7,9H2,1-2H3,(H,17,21)(H2,18,19,22). The molecule has 1 saturated heterocycles. The van der Waals surface area contributed by atoms with Crippen molar-refractivity contribution in [3.63, 3.8) is 0 Å². The molecule has 7 heteroatoms. The molecule has 0 saturated carbocycles. The van der Waals surface area contributed by atoms with Crippen molar-refractivity contribution in [1.82, 2.24) is 10.6 Å². The number of nitrogens with zero attached hydrogens (tertiary/aromatic N) is 1. The highest BCUT2D eigenvalue weighted by Crippen LogP contribution is 2.29. The van der Waals surface area contributed by atoms with Crippen LogP contribution in [0.15, 0.2) is 18.2 Å². The number of rotatable bonds is 4. The van der Waals surface area contributed by atoms with E-state index in [0.29, 0.717) is 30.3 Å². The maximum Gasteiger partial charge on any atom is 0.319 e. The minimum atomic E-state index is -0.254. The number of benzene rings is 1. The number of anilines is 2. The van der Waals surface area contributed by atoms with Gasteiger partial charge >= 0.3 is 6.03 Å². The van der Waals surface area contributed by atoms with Gasteiger partial charge < -0.3 is 20.9 Å². The molecule has 1 heterocycles. The normalized spacial score (nSPS) is 16.0. The lowest BCUT2D eigenvalue weighted by Crippen LogP contribution is -2.47. The van der Waals surface area contributed by atoms with E-state index in [1.165, 1.54) is 0 Å². The van der Waals surface area contributed by atoms with Gasteiger partial charge in [0.05, 0.1) is 17.3 Å². The summed E-state index contributed by atoms with van der Waals surface area (Å²) in [5, 5.41) is 8.86. The molecule has 22 heavy (non-hydrogen) atoms. The number of urea groups is 1. The van der Waals surface area contributed by atoms with Crippen LogP contribution in [0, 0.1) is 0 Å². The van der Waals surface area contributed by atoms with Crippen molar-refractivity contribution in [3.8, 4) is 0 Å². The summed E-state index contributed by atoms with van der Waals surface area (Å²) < 4.78 is 0. The molecule has 1 aromatic rings. The monoisotopic (exact) mass is 324 g/mol. The molecule has 1 fully saturated rings. The molecule has 6 nitrogen and oxygen atoms in total. The number of nitrogens with one attached hydrogen (secondary N) is 3. The Balaban J connectivity index is 2.03. The van der Waals surface area contributed by atoms with E-state index in [9.17, 15) is 9.59 Å². The second-order valence-electron chi connectivity index (χ2n) is 5.35. The first-order valence-electron chi connectivity index (χ1n) is 7.38. The van der Waals surface area contributed by atoms with Gasteiger partial charge in [-0.15, -0.1) is 0 Å². The fraction of sp³-hybridized carbons (Fsp3) is 0.467. The predicted molar refractivity (Wildman–Crippen MR) is 88.6 cm³/mol. The summed E-state index contributed by atoms with van der Waals surface area (Å²) in [6.45, 7) is 5.56. The minimum Gasteiger partial charge on any atom is -0.359 e. The third-order valence-corrected chi connectivity index (χ3v) is 3.88. The van der Waals surface area contributed by atoms with Crippen LogP contribution in [-0.4, -0.2) is 37.6 Å². The number of carbonyl (C=O) groups excluding carboxylic acids is 2. The largest absolute Gasteiger partial charge is 0.359 e. The summed E-state index contributed by atoms with van der Waals surface area (Å²) in [6.07, 6.45) is 0.865. The van der Waals surface area contributed by atoms with Crippen LogP contribution < -0.4 is 20.9 Å². The van der Waals surface area contributed by atoms with Crippen molar-refractivity contribution >= 4 is 34.9 Å². The van der Waals surface area contributed by atoms with Gasteiger partial charge in [-0.05, 0) is 31.5 Å². The highest BCUT2D eigenvalue weighted by Gasteiger charge is 2.18. The molecule has 3 amide bonds. The summed E-state index contributed by atoms with van der Waals surface area (Å²) in [4.78, 5) is 25.2. The summed E-state index contributed by atoms with van der Waals surface area (Å²) in [7, 11) is 0. The zero-order chi connectivity index (χ0) is 16.1. The van der Waals surface area contributed by atoms with E-state index in [-0.39, 0.29) is 18.0 Å². The zero-order valence-corrected chi connectivity index (χ0v) is 13.5. The number of hydrogen-bond donors (Lipinski definition) is 3. The van der Waals surface area contributed by atoms with E-state index >= 15 is 0 Å². The van der Waals surface area contributed by atoms with E-state index in [2.05, 4.69) is 16.0 Å². The average Bonchev–Trinajstić information content (AvgIpc) is 2.47. The molecule has 0 bridgehead atoms. The van der Waals surface area contributed by atoms with Crippen LogP contribution in [0.25, 0.3) is 0 Å². The van der Waals surface area contributed by atoms with Gasteiger partial charge in [-0.2, -0.15) is 0 Å². The Labute approximate surface area is 135 Å². The maximum absolute atomic E-state index is 11.8. The second kappa shape index (κ2) is 7.35. The summed E-state index contributed by atoms with van der Waals surface area (Å²) in [5.41, 5.74) is 1.42.